The van der Waals surface area contributed by atoms with E-state index >= 15 is 0 Å². The molecule has 1 aliphatic rings. The summed E-state index contributed by atoms with van der Waals surface area (Å²) >= 11 is 0. The second kappa shape index (κ2) is 8.35. The van der Waals surface area contributed by atoms with E-state index in [1.807, 2.05) is 43.1 Å². The maximum Gasteiger partial charge on any atom is 0.226 e. The van der Waals surface area contributed by atoms with Gasteiger partial charge < -0.3 is 14.4 Å². The average molecular weight is 443 g/mol. The van der Waals surface area contributed by atoms with Crippen LogP contribution in [0.3, 0.4) is 0 Å². The zero-order valence-corrected chi connectivity index (χ0v) is 18.4. The van der Waals surface area contributed by atoms with Gasteiger partial charge in [0, 0.05) is 69.4 Å². The van der Waals surface area contributed by atoms with E-state index in [1.165, 1.54) is 12.3 Å². The molecule has 1 aliphatic heterocycles. The van der Waals surface area contributed by atoms with Gasteiger partial charge in [-0.15, -0.1) is 10.2 Å². The zero-order chi connectivity index (χ0) is 22.9. The Labute approximate surface area is 190 Å². The van der Waals surface area contributed by atoms with E-state index in [0.717, 1.165) is 47.1 Å². The van der Waals surface area contributed by atoms with Crippen LogP contribution in [0.4, 0.5) is 16.0 Å². The van der Waals surface area contributed by atoms with Crippen molar-refractivity contribution in [3.8, 4) is 28.5 Å². The molecule has 0 amide bonds. The van der Waals surface area contributed by atoms with Crippen LogP contribution in [0.1, 0.15) is 5.56 Å². The van der Waals surface area contributed by atoms with Crippen molar-refractivity contribution < 1.29 is 4.39 Å². The topological polar surface area (TPSA) is 91.7 Å². The fraction of sp³-hybridized carbons (Fsp3) is 0.261. The molecule has 1 fully saturated rings. The SMILES string of the molecule is Cn1ccc(-c2ccc(-c3ccc(F)nc3)c(N3CCN(c4nncn4C)CC3)c2C#N)n1. The summed E-state index contributed by atoms with van der Waals surface area (Å²) in [6, 6.07) is 11.2. The van der Waals surface area contributed by atoms with Crippen LogP contribution in [0, 0.1) is 17.3 Å². The Kier molecular flexibility index (Phi) is 5.22. The van der Waals surface area contributed by atoms with Crippen LogP contribution in [0.25, 0.3) is 22.4 Å². The lowest BCUT2D eigenvalue weighted by Crippen LogP contribution is -2.47. The lowest BCUT2D eigenvalue weighted by Gasteiger charge is -2.37. The first kappa shape index (κ1) is 20.6. The van der Waals surface area contributed by atoms with Crippen molar-refractivity contribution in [2.75, 3.05) is 36.0 Å². The van der Waals surface area contributed by atoms with E-state index in [1.54, 1.807) is 17.1 Å². The highest BCUT2D eigenvalue weighted by molar-refractivity contribution is 5.89. The van der Waals surface area contributed by atoms with Crippen molar-refractivity contribution >= 4 is 11.6 Å². The summed E-state index contributed by atoms with van der Waals surface area (Å²) < 4.78 is 17.1. The number of aryl methyl sites for hydroxylation is 2. The number of benzene rings is 1. The average Bonchev–Trinajstić information content (AvgIpc) is 3.47. The van der Waals surface area contributed by atoms with Crippen molar-refractivity contribution in [1.29, 1.82) is 5.26 Å². The Hall–Kier alpha value is -4.26. The third-order valence-electron chi connectivity index (χ3n) is 5.88. The minimum Gasteiger partial charge on any atom is -0.366 e. The predicted molar refractivity (Wildman–Crippen MR) is 122 cm³/mol. The minimum atomic E-state index is -0.539. The Balaban J connectivity index is 1.58. The van der Waals surface area contributed by atoms with Crippen molar-refractivity contribution in [2.45, 2.75) is 0 Å². The zero-order valence-electron chi connectivity index (χ0n) is 18.4. The molecule has 0 unspecified atom stereocenters. The third-order valence-corrected chi connectivity index (χ3v) is 5.88. The molecule has 0 bridgehead atoms. The van der Waals surface area contributed by atoms with Crippen molar-refractivity contribution in [3.05, 3.63) is 60.6 Å². The molecule has 0 atom stereocenters. The quantitative estimate of drug-likeness (QED) is 0.448. The summed E-state index contributed by atoms with van der Waals surface area (Å²) in [4.78, 5) is 8.21. The number of halogens is 1. The number of hydrogen-bond acceptors (Lipinski definition) is 7. The Bertz CT molecular complexity index is 1320. The van der Waals surface area contributed by atoms with E-state index in [9.17, 15) is 9.65 Å². The number of hydrogen-bond donors (Lipinski definition) is 0. The number of piperazine rings is 1. The van der Waals surface area contributed by atoms with Crippen molar-refractivity contribution in [1.82, 2.24) is 29.5 Å². The largest absolute Gasteiger partial charge is 0.366 e. The van der Waals surface area contributed by atoms with Gasteiger partial charge in [0.05, 0.1) is 16.9 Å². The third kappa shape index (κ3) is 3.78. The smallest absolute Gasteiger partial charge is 0.226 e. The van der Waals surface area contributed by atoms with Gasteiger partial charge in [-0.25, -0.2) is 4.98 Å². The van der Waals surface area contributed by atoms with E-state index in [2.05, 4.69) is 36.1 Å². The number of rotatable bonds is 4. The highest BCUT2D eigenvalue weighted by atomic mass is 19.1. The Morgan fingerprint density at radius 1 is 0.970 bits per heavy atom. The lowest BCUT2D eigenvalue weighted by molar-refractivity contribution is 0.584. The van der Waals surface area contributed by atoms with Gasteiger partial charge in [-0.05, 0) is 18.2 Å². The molecule has 9 nitrogen and oxygen atoms in total. The standard InChI is InChI=1S/C23H22FN9/c1-30-15-27-28-23(30)33-11-9-32(10-12-33)22-17(16-3-6-21(24)26-14-16)4-5-18(19(22)13-25)20-7-8-31(2)29-20/h3-8,14-15H,9-12H2,1-2H3. The molecule has 5 rings (SSSR count). The number of nitriles is 1. The molecule has 0 spiro atoms. The minimum absolute atomic E-state index is 0.539. The van der Waals surface area contributed by atoms with Gasteiger partial charge in [0.15, 0.2) is 0 Å². The fourth-order valence-corrected chi connectivity index (χ4v) is 4.27. The summed E-state index contributed by atoms with van der Waals surface area (Å²) in [6.45, 7) is 2.84. The number of pyridine rings is 1. The van der Waals surface area contributed by atoms with Gasteiger partial charge in [0.2, 0.25) is 11.9 Å². The van der Waals surface area contributed by atoms with Crippen LogP contribution in [-0.4, -0.2) is 55.7 Å². The first-order chi connectivity index (χ1) is 16.0. The molecule has 0 N–H and O–H groups in total. The summed E-state index contributed by atoms with van der Waals surface area (Å²) in [5.74, 6) is 0.281. The van der Waals surface area contributed by atoms with Crippen LogP contribution in [0.5, 0.6) is 0 Å². The normalized spacial score (nSPS) is 13.9. The molecule has 0 aliphatic carbocycles. The van der Waals surface area contributed by atoms with Gasteiger partial charge >= 0.3 is 0 Å². The van der Waals surface area contributed by atoms with E-state index in [-0.39, 0.29) is 0 Å². The van der Waals surface area contributed by atoms with Crippen LogP contribution in [0.15, 0.2) is 49.1 Å². The van der Waals surface area contributed by atoms with Crippen molar-refractivity contribution in [3.63, 3.8) is 0 Å². The molecular weight excluding hydrogens is 421 g/mol. The second-order valence-electron chi connectivity index (χ2n) is 7.96. The molecule has 10 heteroatoms. The van der Waals surface area contributed by atoms with Gasteiger partial charge in [-0.2, -0.15) is 14.8 Å². The lowest BCUT2D eigenvalue weighted by atomic mass is 9.94. The monoisotopic (exact) mass is 443 g/mol. The predicted octanol–water partition coefficient (Wildman–Crippen LogP) is 2.61. The summed E-state index contributed by atoms with van der Waals surface area (Å²) in [5, 5.41) is 22.9. The first-order valence-corrected chi connectivity index (χ1v) is 10.6. The maximum absolute atomic E-state index is 13.5. The van der Waals surface area contributed by atoms with E-state index in [0.29, 0.717) is 18.7 Å². The Morgan fingerprint density at radius 2 is 1.73 bits per heavy atom. The molecule has 166 valence electrons. The maximum atomic E-state index is 13.5. The van der Waals surface area contributed by atoms with Gasteiger partial charge in [-0.3, -0.25) is 4.68 Å². The number of aromatic nitrogens is 6. The Morgan fingerprint density at radius 3 is 2.33 bits per heavy atom. The molecule has 4 heterocycles. The highest BCUT2D eigenvalue weighted by Crippen LogP contribution is 2.39. The molecule has 0 saturated carbocycles. The summed E-state index contributed by atoms with van der Waals surface area (Å²) in [6.07, 6.45) is 5.05. The molecule has 0 radical (unpaired) electrons. The molecule has 4 aromatic rings. The molecule has 1 saturated heterocycles. The number of anilines is 2. The summed E-state index contributed by atoms with van der Waals surface area (Å²) in [7, 11) is 3.77. The second-order valence-corrected chi connectivity index (χ2v) is 7.96. The van der Waals surface area contributed by atoms with Crippen LogP contribution in [0.2, 0.25) is 0 Å². The number of nitrogens with zero attached hydrogens (tertiary/aromatic N) is 9. The van der Waals surface area contributed by atoms with Gasteiger partial charge in [0.1, 0.15) is 12.4 Å². The van der Waals surface area contributed by atoms with E-state index in [4.69, 9.17) is 0 Å². The van der Waals surface area contributed by atoms with Gasteiger partial charge in [0.25, 0.3) is 0 Å². The van der Waals surface area contributed by atoms with Crippen LogP contribution < -0.4 is 9.80 Å². The highest BCUT2D eigenvalue weighted by Gasteiger charge is 2.26. The first-order valence-electron chi connectivity index (χ1n) is 10.6. The van der Waals surface area contributed by atoms with E-state index < -0.39 is 5.95 Å². The molecular formula is C23H22FN9. The molecule has 1 aromatic carbocycles. The molecule has 3 aromatic heterocycles. The van der Waals surface area contributed by atoms with Gasteiger partial charge in [-0.1, -0.05) is 12.1 Å². The summed E-state index contributed by atoms with van der Waals surface area (Å²) in [5.41, 5.74) is 4.45. The van der Waals surface area contributed by atoms with Crippen LogP contribution in [-0.2, 0) is 14.1 Å². The molecule has 33 heavy (non-hydrogen) atoms. The van der Waals surface area contributed by atoms with Crippen LogP contribution >= 0.6 is 0 Å². The fourth-order valence-electron chi connectivity index (χ4n) is 4.27. The van der Waals surface area contributed by atoms with Crippen molar-refractivity contribution in [2.24, 2.45) is 14.1 Å².